The molecule has 1 amide bonds. The zero-order chi connectivity index (χ0) is 25.7. The van der Waals surface area contributed by atoms with Gasteiger partial charge in [-0.25, -0.2) is 0 Å². The van der Waals surface area contributed by atoms with Crippen molar-refractivity contribution in [1.82, 2.24) is 0 Å². The van der Waals surface area contributed by atoms with Crippen molar-refractivity contribution in [3.8, 4) is 0 Å². The highest BCUT2D eigenvalue weighted by Gasteiger charge is 2.47. The second-order valence-electron chi connectivity index (χ2n) is 9.99. The molecule has 0 spiro atoms. The van der Waals surface area contributed by atoms with Crippen molar-refractivity contribution < 1.29 is 14.7 Å². The standard InChI is InChI=1S/C29H27Cl2NO3/c1-16-7-6-8-18(11-16)25-24(26(33)23-12-19(29(3,4)5)10-9-17(23)2)27(34)28(35)32(25)22-14-20(30)13-21(31)15-22/h6-15,25,33H,1-5H3/b26-24+. The Morgan fingerprint density at radius 2 is 1.57 bits per heavy atom. The Bertz CT molecular complexity index is 1360. The molecule has 0 saturated carbocycles. The molecule has 1 N–H and O–H groups in total. The van der Waals surface area contributed by atoms with Gasteiger partial charge in [0.15, 0.2) is 0 Å². The highest BCUT2D eigenvalue weighted by Crippen LogP contribution is 2.44. The normalized spacial score (nSPS) is 17.8. The van der Waals surface area contributed by atoms with Crippen LogP contribution < -0.4 is 4.90 Å². The maximum Gasteiger partial charge on any atom is 0.300 e. The van der Waals surface area contributed by atoms with E-state index in [1.165, 1.54) is 4.90 Å². The SMILES string of the molecule is Cc1cccc(C2/C(=C(\O)c3cc(C(C)(C)C)ccc3C)C(=O)C(=O)N2c2cc(Cl)cc(Cl)c2)c1. The van der Waals surface area contributed by atoms with E-state index in [0.29, 0.717) is 26.9 Å². The molecule has 1 atom stereocenters. The minimum atomic E-state index is -0.845. The van der Waals surface area contributed by atoms with Crippen LogP contribution in [0.5, 0.6) is 0 Å². The van der Waals surface area contributed by atoms with E-state index in [4.69, 9.17) is 23.2 Å². The van der Waals surface area contributed by atoms with Gasteiger partial charge in [0.1, 0.15) is 5.76 Å². The van der Waals surface area contributed by atoms with Crippen LogP contribution in [0.3, 0.4) is 0 Å². The van der Waals surface area contributed by atoms with Crippen LogP contribution in [0.25, 0.3) is 5.76 Å². The van der Waals surface area contributed by atoms with Gasteiger partial charge in [-0.3, -0.25) is 14.5 Å². The van der Waals surface area contributed by atoms with Gasteiger partial charge in [-0.1, -0.05) is 85.9 Å². The number of carbonyl (C=O) groups excluding carboxylic acids is 2. The maximum atomic E-state index is 13.5. The Balaban J connectivity index is 2.01. The molecule has 3 aromatic rings. The lowest BCUT2D eigenvalue weighted by atomic mass is 9.84. The molecular formula is C29H27Cl2NO3. The number of aliphatic hydroxyl groups is 1. The predicted octanol–water partition coefficient (Wildman–Crippen LogP) is 7.53. The lowest BCUT2D eigenvalue weighted by Gasteiger charge is -2.26. The van der Waals surface area contributed by atoms with Gasteiger partial charge in [0.25, 0.3) is 11.7 Å². The van der Waals surface area contributed by atoms with Crippen LogP contribution in [-0.4, -0.2) is 16.8 Å². The number of carbonyl (C=O) groups is 2. The smallest absolute Gasteiger partial charge is 0.300 e. The molecule has 0 aliphatic carbocycles. The van der Waals surface area contributed by atoms with E-state index in [1.807, 2.05) is 56.3 Å². The number of ketones is 1. The molecule has 1 saturated heterocycles. The quantitative estimate of drug-likeness (QED) is 0.226. The summed E-state index contributed by atoms with van der Waals surface area (Å²) >= 11 is 12.5. The lowest BCUT2D eigenvalue weighted by molar-refractivity contribution is -0.132. The fourth-order valence-corrected chi connectivity index (χ4v) is 4.94. The number of aliphatic hydroxyl groups excluding tert-OH is 1. The number of aryl methyl sites for hydroxylation is 2. The van der Waals surface area contributed by atoms with E-state index in [1.54, 1.807) is 18.2 Å². The van der Waals surface area contributed by atoms with Gasteiger partial charge in [-0.15, -0.1) is 0 Å². The summed E-state index contributed by atoms with van der Waals surface area (Å²) in [6.07, 6.45) is 0. The van der Waals surface area contributed by atoms with Gasteiger partial charge in [0.05, 0.1) is 11.6 Å². The molecule has 1 heterocycles. The first-order valence-electron chi connectivity index (χ1n) is 11.3. The Hall–Kier alpha value is -3.08. The molecule has 1 aliphatic heterocycles. The second kappa shape index (κ2) is 9.18. The third-order valence-corrected chi connectivity index (χ3v) is 6.72. The predicted molar refractivity (Wildman–Crippen MR) is 142 cm³/mol. The van der Waals surface area contributed by atoms with Crippen molar-refractivity contribution in [3.63, 3.8) is 0 Å². The summed E-state index contributed by atoms with van der Waals surface area (Å²) in [6, 6.07) is 17.3. The number of Topliss-reactive ketones (excluding diaryl/α,β-unsaturated/α-hetero) is 1. The molecule has 180 valence electrons. The number of amides is 1. The van der Waals surface area contributed by atoms with Gasteiger partial charge >= 0.3 is 0 Å². The fourth-order valence-electron chi connectivity index (χ4n) is 4.42. The molecular weight excluding hydrogens is 481 g/mol. The second-order valence-corrected chi connectivity index (χ2v) is 10.9. The van der Waals surface area contributed by atoms with Gasteiger partial charge in [0, 0.05) is 21.3 Å². The highest BCUT2D eigenvalue weighted by atomic mass is 35.5. The number of hydrogen-bond acceptors (Lipinski definition) is 3. The van der Waals surface area contributed by atoms with E-state index in [2.05, 4.69) is 20.8 Å². The Kier molecular flexibility index (Phi) is 6.56. The largest absolute Gasteiger partial charge is 0.507 e. The maximum absolute atomic E-state index is 13.5. The summed E-state index contributed by atoms with van der Waals surface area (Å²) in [5.74, 6) is -1.71. The van der Waals surface area contributed by atoms with E-state index >= 15 is 0 Å². The molecule has 0 aromatic heterocycles. The molecule has 3 aromatic carbocycles. The zero-order valence-electron chi connectivity index (χ0n) is 20.3. The third-order valence-electron chi connectivity index (χ3n) is 6.29. The van der Waals surface area contributed by atoms with E-state index in [9.17, 15) is 14.7 Å². The lowest BCUT2D eigenvalue weighted by Crippen LogP contribution is -2.29. The summed E-state index contributed by atoms with van der Waals surface area (Å²) < 4.78 is 0. The van der Waals surface area contributed by atoms with Crippen LogP contribution in [0.2, 0.25) is 10.0 Å². The number of rotatable bonds is 3. The zero-order valence-corrected chi connectivity index (χ0v) is 21.8. The molecule has 1 unspecified atom stereocenters. The van der Waals surface area contributed by atoms with Crippen LogP contribution in [-0.2, 0) is 15.0 Å². The molecule has 0 radical (unpaired) electrons. The highest BCUT2D eigenvalue weighted by molar-refractivity contribution is 6.52. The van der Waals surface area contributed by atoms with E-state index in [-0.39, 0.29) is 16.7 Å². The van der Waals surface area contributed by atoms with Gasteiger partial charge < -0.3 is 5.11 Å². The molecule has 1 fully saturated rings. The molecule has 1 aliphatic rings. The average molecular weight is 508 g/mol. The average Bonchev–Trinajstić information content (AvgIpc) is 3.03. The van der Waals surface area contributed by atoms with Crippen molar-refractivity contribution in [3.05, 3.63) is 104 Å². The summed E-state index contributed by atoms with van der Waals surface area (Å²) in [6.45, 7) is 10.0. The van der Waals surface area contributed by atoms with Crippen molar-refractivity contribution in [2.24, 2.45) is 0 Å². The van der Waals surface area contributed by atoms with Crippen molar-refractivity contribution in [1.29, 1.82) is 0 Å². The van der Waals surface area contributed by atoms with Crippen molar-refractivity contribution >= 4 is 46.3 Å². The van der Waals surface area contributed by atoms with Crippen molar-refractivity contribution in [2.45, 2.75) is 46.1 Å². The van der Waals surface area contributed by atoms with Gasteiger partial charge in [0.2, 0.25) is 0 Å². The van der Waals surface area contributed by atoms with Gasteiger partial charge in [-0.05, 0) is 60.2 Å². The Morgan fingerprint density at radius 3 is 2.17 bits per heavy atom. The summed E-state index contributed by atoms with van der Waals surface area (Å²) in [5, 5.41) is 12.3. The topological polar surface area (TPSA) is 57.6 Å². The van der Waals surface area contributed by atoms with Crippen LogP contribution in [0.4, 0.5) is 5.69 Å². The molecule has 4 rings (SSSR count). The molecule has 6 heteroatoms. The monoisotopic (exact) mass is 507 g/mol. The number of nitrogens with zero attached hydrogens (tertiary/aromatic N) is 1. The van der Waals surface area contributed by atoms with Crippen LogP contribution in [0, 0.1) is 13.8 Å². The third kappa shape index (κ3) is 4.73. The summed E-state index contributed by atoms with van der Waals surface area (Å²) in [5.41, 5.74) is 4.25. The Labute approximate surface area is 215 Å². The molecule has 0 bridgehead atoms. The minimum Gasteiger partial charge on any atom is -0.507 e. The number of anilines is 1. The first-order chi connectivity index (χ1) is 16.4. The van der Waals surface area contributed by atoms with Gasteiger partial charge in [-0.2, -0.15) is 0 Å². The first-order valence-corrected chi connectivity index (χ1v) is 12.1. The van der Waals surface area contributed by atoms with Crippen molar-refractivity contribution in [2.75, 3.05) is 4.90 Å². The number of halogens is 2. The van der Waals surface area contributed by atoms with E-state index < -0.39 is 17.7 Å². The van der Waals surface area contributed by atoms with E-state index in [0.717, 1.165) is 16.7 Å². The van der Waals surface area contributed by atoms with Crippen LogP contribution in [0.1, 0.15) is 54.6 Å². The number of benzene rings is 3. The minimum absolute atomic E-state index is 0.0332. The summed E-state index contributed by atoms with van der Waals surface area (Å²) in [7, 11) is 0. The first kappa shape index (κ1) is 25.0. The fraction of sp³-hybridized carbons (Fsp3) is 0.241. The van der Waals surface area contributed by atoms with Crippen LogP contribution in [0.15, 0.2) is 66.2 Å². The summed E-state index contributed by atoms with van der Waals surface area (Å²) in [4.78, 5) is 28.2. The molecule has 4 nitrogen and oxygen atoms in total. The van der Waals surface area contributed by atoms with Crippen LogP contribution >= 0.6 is 23.2 Å². The number of hydrogen-bond donors (Lipinski definition) is 1. The Morgan fingerprint density at radius 1 is 0.914 bits per heavy atom. The molecule has 35 heavy (non-hydrogen) atoms.